The maximum Gasteiger partial charge on any atom is 0.251 e. The zero-order valence-corrected chi connectivity index (χ0v) is 14.7. The molecule has 25 heavy (non-hydrogen) atoms. The number of anilines is 1. The molecule has 0 atom stereocenters. The molecule has 0 unspecified atom stereocenters. The number of carbonyl (C=O) groups excluding carboxylic acids is 3. The second kappa shape index (κ2) is 8.50. The third-order valence-corrected chi connectivity index (χ3v) is 3.99. The molecule has 0 heterocycles. The summed E-state index contributed by atoms with van der Waals surface area (Å²) in [6.45, 7) is -0.212. The van der Waals surface area contributed by atoms with Crippen molar-refractivity contribution in [3.05, 3.63) is 63.6 Å². The number of benzene rings is 2. The lowest BCUT2D eigenvalue weighted by atomic mass is 10.2. The van der Waals surface area contributed by atoms with Crippen LogP contribution in [0.15, 0.2) is 42.5 Å². The molecule has 0 radical (unpaired) electrons. The highest BCUT2D eigenvalue weighted by Crippen LogP contribution is 2.22. The maximum absolute atomic E-state index is 12.0. The molecule has 0 aliphatic heterocycles. The molecule has 0 saturated heterocycles. The van der Waals surface area contributed by atoms with Gasteiger partial charge in [0.25, 0.3) is 11.8 Å². The monoisotopic (exact) mass is 379 g/mol. The summed E-state index contributed by atoms with van der Waals surface area (Å²) in [7, 11) is 1.54. The molecule has 8 heteroatoms. The molecule has 6 nitrogen and oxygen atoms in total. The van der Waals surface area contributed by atoms with Gasteiger partial charge in [-0.15, -0.1) is 0 Å². The SMILES string of the molecule is CNC(=O)c1ccc(NC(=O)CNC(=O)c2ccc(Cl)c(Cl)c2)cc1. The standard InChI is InChI=1S/C17H15Cl2N3O3/c1-20-16(24)10-2-5-12(6-3-10)22-15(23)9-21-17(25)11-4-7-13(18)14(19)8-11/h2-8H,9H2,1H3,(H,20,24)(H,21,25)(H,22,23). The average Bonchev–Trinajstić information content (AvgIpc) is 2.62. The van der Waals surface area contributed by atoms with Gasteiger partial charge in [0, 0.05) is 23.9 Å². The Labute approximate surface area is 154 Å². The Balaban J connectivity index is 1.88. The third-order valence-electron chi connectivity index (χ3n) is 3.25. The number of hydrogen-bond donors (Lipinski definition) is 3. The highest BCUT2D eigenvalue weighted by Gasteiger charge is 2.10. The highest BCUT2D eigenvalue weighted by atomic mass is 35.5. The van der Waals surface area contributed by atoms with E-state index in [4.69, 9.17) is 23.2 Å². The van der Waals surface area contributed by atoms with Gasteiger partial charge in [-0.05, 0) is 42.5 Å². The summed E-state index contributed by atoms with van der Waals surface area (Å²) in [5, 5.41) is 8.22. The molecule has 2 aromatic carbocycles. The molecule has 0 bridgehead atoms. The normalized spacial score (nSPS) is 10.0. The molecule has 2 rings (SSSR count). The Morgan fingerprint density at radius 3 is 2.12 bits per heavy atom. The Morgan fingerprint density at radius 1 is 0.880 bits per heavy atom. The van der Waals surface area contributed by atoms with E-state index in [9.17, 15) is 14.4 Å². The summed E-state index contributed by atoms with van der Waals surface area (Å²) in [6.07, 6.45) is 0. The Morgan fingerprint density at radius 2 is 1.52 bits per heavy atom. The second-order valence-electron chi connectivity index (χ2n) is 5.02. The first-order valence-corrected chi connectivity index (χ1v) is 8.01. The summed E-state index contributed by atoms with van der Waals surface area (Å²) in [5.41, 5.74) is 1.30. The van der Waals surface area contributed by atoms with Crippen LogP contribution in [0.1, 0.15) is 20.7 Å². The summed E-state index contributed by atoms with van der Waals surface area (Å²) >= 11 is 11.6. The van der Waals surface area contributed by atoms with Crippen molar-refractivity contribution < 1.29 is 14.4 Å². The molecule has 0 aromatic heterocycles. The average molecular weight is 380 g/mol. The fraction of sp³-hybridized carbons (Fsp3) is 0.118. The van der Waals surface area contributed by atoms with E-state index in [1.165, 1.54) is 25.2 Å². The van der Waals surface area contributed by atoms with Crippen LogP contribution in [-0.4, -0.2) is 31.3 Å². The van der Waals surface area contributed by atoms with E-state index < -0.39 is 11.8 Å². The van der Waals surface area contributed by atoms with Gasteiger partial charge in [-0.25, -0.2) is 0 Å². The van der Waals surface area contributed by atoms with E-state index in [0.29, 0.717) is 21.8 Å². The van der Waals surface area contributed by atoms with Crippen LogP contribution in [-0.2, 0) is 4.79 Å². The lowest BCUT2D eigenvalue weighted by molar-refractivity contribution is -0.115. The van der Waals surface area contributed by atoms with Crippen LogP contribution in [0.5, 0.6) is 0 Å². The topological polar surface area (TPSA) is 87.3 Å². The van der Waals surface area contributed by atoms with Crippen LogP contribution in [0.3, 0.4) is 0 Å². The predicted molar refractivity (Wildman–Crippen MR) is 97.3 cm³/mol. The van der Waals surface area contributed by atoms with Gasteiger partial charge in [-0.2, -0.15) is 0 Å². The van der Waals surface area contributed by atoms with Crippen molar-refractivity contribution in [2.75, 3.05) is 18.9 Å². The molecule has 0 saturated carbocycles. The van der Waals surface area contributed by atoms with Crippen LogP contribution in [0, 0.1) is 0 Å². The van der Waals surface area contributed by atoms with Crippen LogP contribution in [0.25, 0.3) is 0 Å². The van der Waals surface area contributed by atoms with Crippen LogP contribution < -0.4 is 16.0 Å². The van der Waals surface area contributed by atoms with Crippen LogP contribution in [0.2, 0.25) is 10.0 Å². The van der Waals surface area contributed by atoms with Crippen molar-refractivity contribution in [2.24, 2.45) is 0 Å². The quantitative estimate of drug-likeness (QED) is 0.746. The minimum Gasteiger partial charge on any atom is -0.355 e. The molecule has 0 aliphatic carbocycles. The van der Waals surface area contributed by atoms with Gasteiger partial charge in [-0.1, -0.05) is 23.2 Å². The lowest BCUT2D eigenvalue weighted by Crippen LogP contribution is -2.32. The first-order chi connectivity index (χ1) is 11.9. The molecule has 0 spiro atoms. The number of carbonyl (C=O) groups is 3. The van der Waals surface area contributed by atoms with E-state index >= 15 is 0 Å². The first kappa shape index (κ1) is 18.8. The van der Waals surface area contributed by atoms with Crippen molar-refractivity contribution in [1.82, 2.24) is 10.6 Å². The highest BCUT2D eigenvalue weighted by molar-refractivity contribution is 6.42. The lowest BCUT2D eigenvalue weighted by Gasteiger charge is -2.08. The zero-order valence-electron chi connectivity index (χ0n) is 13.2. The molecule has 0 aliphatic rings. The molecular weight excluding hydrogens is 365 g/mol. The van der Waals surface area contributed by atoms with E-state index in [2.05, 4.69) is 16.0 Å². The Kier molecular flexibility index (Phi) is 6.38. The molecule has 2 aromatic rings. The van der Waals surface area contributed by atoms with Gasteiger partial charge in [0.15, 0.2) is 0 Å². The minimum absolute atomic E-state index is 0.212. The van der Waals surface area contributed by atoms with E-state index in [-0.39, 0.29) is 17.5 Å². The minimum atomic E-state index is -0.441. The summed E-state index contributed by atoms with van der Waals surface area (Å²) < 4.78 is 0. The van der Waals surface area contributed by atoms with Crippen LogP contribution in [0.4, 0.5) is 5.69 Å². The van der Waals surface area contributed by atoms with Crippen molar-refractivity contribution in [3.8, 4) is 0 Å². The number of nitrogens with one attached hydrogen (secondary N) is 3. The summed E-state index contributed by atoms with van der Waals surface area (Å²) in [4.78, 5) is 35.3. The summed E-state index contributed by atoms with van der Waals surface area (Å²) in [5.74, 6) is -1.06. The van der Waals surface area contributed by atoms with Crippen LogP contribution >= 0.6 is 23.2 Å². The van der Waals surface area contributed by atoms with Crippen molar-refractivity contribution >= 4 is 46.6 Å². The molecular formula is C17H15Cl2N3O3. The van der Waals surface area contributed by atoms with Gasteiger partial charge in [-0.3, -0.25) is 14.4 Å². The van der Waals surface area contributed by atoms with Gasteiger partial charge in [0.1, 0.15) is 0 Å². The summed E-state index contributed by atoms with van der Waals surface area (Å²) in [6, 6.07) is 10.8. The van der Waals surface area contributed by atoms with Crippen molar-refractivity contribution in [2.45, 2.75) is 0 Å². The zero-order chi connectivity index (χ0) is 18.4. The molecule has 0 fully saturated rings. The molecule has 3 amide bonds. The molecule has 3 N–H and O–H groups in total. The first-order valence-electron chi connectivity index (χ1n) is 7.26. The fourth-order valence-corrected chi connectivity index (χ4v) is 2.25. The Bertz CT molecular complexity index is 807. The molecule has 130 valence electrons. The number of hydrogen-bond acceptors (Lipinski definition) is 3. The predicted octanol–water partition coefficient (Wildman–Crippen LogP) is 2.72. The maximum atomic E-state index is 12.0. The van der Waals surface area contributed by atoms with Gasteiger partial charge >= 0.3 is 0 Å². The van der Waals surface area contributed by atoms with Crippen molar-refractivity contribution in [3.63, 3.8) is 0 Å². The van der Waals surface area contributed by atoms with E-state index in [1.54, 1.807) is 24.3 Å². The Hall–Kier alpha value is -2.57. The smallest absolute Gasteiger partial charge is 0.251 e. The third kappa shape index (κ3) is 5.20. The van der Waals surface area contributed by atoms with Gasteiger partial charge in [0.05, 0.1) is 16.6 Å². The van der Waals surface area contributed by atoms with Gasteiger partial charge < -0.3 is 16.0 Å². The largest absolute Gasteiger partial charge is 0.355 e. The van der Waals surface area contributed by atoms with Gasteiger partial charge in [0.2, 0.25) is 5.91 Å². The fourth-order valence-electron chi connectivity index (χ4n) is 1.95. The second-order valence-corrected chi connectivity index (χ2v) is 5.83. The number of rotatable bonds is 5. The number of halogens is 2. The van der Waals surface area contributed by atoms with Crippen molar-refractivity contribution in [1.29, 1.82) is 0 Å². The van der Waals surface area contributed by atoms with E-state index in [1.807, 2.05) is 0 Å². The van der Waals surface area contributed by atoms with E-state index in [0.717, 1.165) is 0 Å². The number of amides is 3.